The molecule has 0 radical (unpaired) electrons. The normalized spacial score (nSPS) is 10.6. The van der Waals surface area contributed by atoms with Crippen molar-refractivity contribution in [2.75, 3.05) is 0 Å². The van der Waals surface area contributed by atoms with Gasteiger partial charge in [-0.25, -0.2) is 13.8 Å². The summed E-state index contributed by atoms with van der Waals surface area (Å²) >= 11 is 0. The summed E-state index contributed by atoms with van der Waals surface area (Å²) in [4.78, 5) is 4.19. The van der Waals surface area contributed by atoms with Crippen LogP contribution in [-0.2, 0) is 0 Å². The zero-order valence-corrected chi connectivity index (χ0v) is 9.66. The molecule has 0 aliphatic rings. The number of nitrogens with zero attached hydrogens (tertiary/aromatic N) is 4. The molecular formula is C13H8F2N4. The summed E-state index contributed by atoms with van der Waals surface area (Å²) in [5.74, 6) is -0.596. The molecule has 0 bridgehead atoms. The summed E-state index contributed by atoms with van der Waals surface area (Å²) in [6, 6.07) is 6.82. The summed E-state index contributed by atoms with van der Waals surface area (Å²) in [7, 11) is 0. The summed E-state index contributed by atoms with van der Waals surface area (Å²) in [6.45, 7) is 0. The van der Waals surface area contributed by atoms with Gasteiger partial charge >= 0.3 is 0 Å². The van der Waals surface area contributed by atoms with Crippen LogP contribution in [-0.4, -0.2) is 19.7 Å². The Hall–Kier alpha value is -2.63. The Balaban J connectivity index is 1.98. The quantitative estimate of drug-likeness (QED) is 0.709. The Kier molecular flexibility index (Phi) is 2.75. The van der Waals surface area contributed by atoms with E-state index in [1.54, 1.807) is 22.9 Å². The largest absolute Gasteiger partial charge is 0.272 e. The first-order valence-corrected chi connectivity index (χ1v) is 5.50. The molecule has 0 atom stereocenters. The number of aromatic nitrogens is 4. The molecule has 3 rings (SSSR count). The third-order valence-electron chi connectivity index (χ3n) is 2.63. The van der Waals surface area contributed by atoms with Crippen LogP contribution in [0.1, 0.15) is 0 Å². The van der Waals surface area contributed by atoms with Crippen LogP contribution in [0.3, 0.4) is 0 Å². The smallest absolute Gasteiger partial charge is 0.139 e. The lowest BCUT2D eigenvalue weighted by molar-refractivity contribution is 0.584. The maximum atomic E-state index is 13.1. The minimum absolute atomic E-state index is 0.445. The summed E-state index contributed by atoms with van der Waals surface area (Å²) < 4.78 is 27.9. The minimum Gasteiger partial charge on any atom is -0.272 e. The molecule has 0 amide bonds. The van der Waals surface area contributed by atoms with Crippen molar-refractivity contribution in [3.8, 4) is 16.9 Å². The fraction of sp³-hybridized carbons (Fsp3) is 0. The van der Waals surface area contributed by atoms with Crippen LogP contribution in [0.4, 0.5) is 8.78 Å². The minimum atomic E-state index is -0.613. The van der Waals surface area contributed by atoms with E-state index in [-0.39, 0.29) is 0 Å². The molecular weight excluding hydrogens is 250 g/mol. The van der Waals surface area contributed by atoms with Gasteiger partial charge in [0.15, 0.2) is 0 Å². The van der Waals surface area contributed by atoms with Gasteiger partial charge < -0.3 is 0 Å². The Morgan fingerprint density at radius 3 is 2.11 bits per heavy atom. The SMILES string of the molecule is Fc1cc(F)cc(-c2ccc(-n3cnnc3)nc2)c1. The third-order valence-corrected chi connectivity index (χ3v) is 2.63. The first kappa shape index (κ1) is 11.5. The number of pyridine rings is 1. The predicted molar refractivity (Wildman–Crippen MR) is 64.5 cm³/mol. The van der Waals surface area contributed by atoms with Crippen molar-refractivity contribution in [3.63, 3.8) is 0 Å². The highest BCUT2D eigenvalue weighted by molar-refractivity contribution is 5.63. The molecule has 0 fully saturated rings. The molecule has 19 heavy (non-hydrogen) atoms. The molecule has 3 aromatic rings. The first-order chi connectivity index (χ1) is 9.22. The molecule has 0 aliphatic carbocycles. The Morgan fingerprint density at radius 1 is 0.842 bits per heavy atom. The van der Waals surface area contributed by atoms with Crippen LogP contribution in [0.2, 0.25) is 0 Å². The molecule has 0 N–H and O–H groups in total. The van der Waals surface area contributed by atoms with E-state index in [0.29, 0.717) is 16.9 Å². The predicted octanol–water partition coefficient (Wildman–Crippen LogP) is 2.61. The lowest BCUT2D eigenvalue weighted by Gasteiger charge is -2.04. The standard InChI is InChI=1S/C13H8F2N4/c14-11-3-10(4-12(15)5-11)9-1-2-13(16-6-9)19-7-17-18-8-19/h1-8H. The van der Waals surface area contributed by atoms with E-state index in [9.17, 15) is 8.78 Å². The van der Waals surface area contributed by atoms with Gasteiger partial charge in [-0.3, -0.25) is 4.57 Å². The van der Waals surface area contributed by atoms with Gasteiger partial charge in [0, 0.05) is 17.8 Å². The topological polar surface area (TPSA) is 43.6 Å². The van der Waals surface area contributed by atoms with Crippen molar-refractivity contribution in [3.05, 3.63) is 60.8 Å². The first-order valence-electron chi connectivity index (χ1n) is 5.50. The van der Waals surface area contributed by atoms with Crippen molar-refractivity contribution in [2.24, 2.45) is 0 Å². The molecule has 6 heteroatoms. The van der Waals surface area contributed by atoms with Crippen LogP contribution >= 0.6 is 0 Å². The highest BCUT2D eigenvalue weighted by Gasteiger charge is 2.04. The fourth-order valence-corrected chi connectivity index (χ4v) is 1.75. The number of halogens is 2. The molecule has 1 aromatic carbocycles. The molecule has 2 aromatic heterocycles. The maximum absolute atomic E-state index is 13.1. The van der Waals surface area contributed by atoms with Crippen molar-refractivity contribution in [1.29, 1.82) is 0 Å². The number of hydrogen-bond donors (Lipinski definition) is 0. The van der Waals surface area contributed by atoms with Crippen molar-refractivity contribution >= 4 is 0 Å². The molecule has 2 heterocycles. The second kappa shape index (κ2) is 4.56. The number of hydrogen-bond acceptors (Lipinski definition) is 3. The Bertz CT molecular complexity index is 673. The van der Waals surface area contributed by atoms with Gasteiger partial charge in [-0.15, -0.1) is 10.2 Å². The van der Waals surface area contributed by atoms with Crippen LogP contribution in [0, 0.1) is 11.6 Å². The van der Waals surface area contributed by atoms with Gasteiger partial charge in [0.1, 0.15) is 30.1 Å². The van der Waals surface area contributed by atoms with Crippen LogP contribution in [0.15, 0.2) is 49.2 Å². The zero-order chi connectivity index (χ0) is 13.2. The Morgan fingerprint density at radius 2 is 1.53 bits per heavy atom. The second-order valence-electron chi connectivity index (χ2n) is 3.93. The third kappa shape index (κ3) is 2.33. The fourth-order valence-electron chi connectivity index (χ4n) is 1.75. The maximum Gasteiger partial charge on any atom is 0.139 e. The lowest BCUT2D eigenvalue weighted by atomic mass is 10.1. The van der Waals surface area contributed by atoms with E-state index >= 15 is 0 Å². The van der Waals surface area contributed by atoms with Crippen molar-refractivity contribution < 1.29 is 8.78 Å². The number of rotatable bonds is 2. The summed E-state index contributed by atoms with van der Waals surface area (Å²) in [5.41, 5.74) is 1.08. The van der Waals surface area contributed by atoms with Crippen molar-refractivity contribution in [2.45, 2.75) is 0 Å². The van der Waals surface area contributed by atoms with Gasteiger partial charge in [-0.1, -0.05) is 0 Å². The van der Waals surface area contributed by atoms with Crippen LogP contribution in [0.5, 0.6) is 0 Å². The monoisotopic (exact) mass is 258 g/mol. The zero-order valence-electron chi connectivity index (χ0n) is 9.66. The number of benzene rings is 1. The molecule has 94 valence electrons. The Labute approximate surface area is 107 Å². The van der Waals surface area contributed by atoms with E-state index in [1.165, 1.54) is 24.8 Å². The molecule has 0 spiro atoms. The highest BCUT2D eigenvalue weighted by atomic mass is 19.1. The van der Waals surface area contributed by atoms with Gasteiger partial charge in [0.25, 0.3) is 0 Å². The van der Waals surface area contributed by atoms with E-state index in [1.807, 2.05) is 0 Å². The van der Waals surface area contributed by atoms with Gasteiger partial charge in [0.2, 0.25) is 0 Å². The second-order valence-corrected chi connectivity index (χ2v) is 3.93. The average molecular weight is 258 g/mol. The molecule has 4 nitrogen and oxygen atoms in total. The summed E-state index contributed by atoms with van der Waals surface area (Å²) in [6.07, 6.45) is 4.58. The van der Waals surface area contributed by atoms with Crippen molar-refractivity contribution in [1.82, 2.24) is 19.7 Å². The van der Waals surface area contributed by atoms with E-state index in [0.717, 1.165) is 6.07 Å². The van der Waals surface area contributed by atoms with E-state index in [2.05, 4.69) is 15.2 Å². The molecule has 0 unspecified atom stereocenters. The summed E-state index contributed by atoms with van der Waals surface area (Å²) in [5, 5.41) is 7.35. The van der Waals surface area contributed by atoms with Crippen LogP contribution < -0.4 is 0 Å². The molecule has 0 aliphatic heterocycles. The molecule has 0 saturated carbocycles. The van der Waals surface area contributed by atoms with E-state index < -0.39 is 11.6 Å². The lowest BCUT2D eigenvalue weighted by Crippen LogP contribution is -1.94. The average Bonchev–Trinajstić information content (AvgIpc) is 2.91. The van der Waals surface area contributed by atoms with Crippen LogP contribution in [0.25, 0.3) is 16.9 Å². The highest BCUT2D eigenvalue weighted by Crippen LogP contribution is 2.21. The van der Waals surface area contributed by atoms with Gasteiger partial charge in [0.05, 0.1) is 0 Å². The van der Waals surface area contributed by atoms with Gasteiger partial charge in [-0.05, 0) is 29.8 Å². The molecule has 0 saturated heterocycles. The van der Waals surface area contributed by atoms with Gasteiger partial charge in [-0.2, -0.15) is 0 Å². The van der Waals surface area contributed by atoms with E-state index in [4.69, 9.17) is 0 Å².